The maximum absolute atomic E-state index is 13.2. The Hall–Kier alpha value is -5.34. The zero-order valence-electron chi connectivity index (χ0n) is 25.9. The van der Waals surface area contributed by atoms with Crippen LogP contribution in [-0.2, 0) is 12.8 Å². The van der Waals surface area contributed by atoms with Crippen molar-refractivity contribution in [3.63, 3.8) is 0 Å². The zero-order valence-corrected chi connectivity index (χ0v) is 25.9. The van der Waals surface area contributed by atoms with Gasteiger partial charge in [-0.05, 0) is 112 Å². The lowest BCUT2D eigenvalue weighted by Gasteiger charge is -2.17. The molecule has 45 heavy (non-hydrogen) atoms. The first-order chi connectivity index (χ1) is 21.8. The summed E-state index contributed by atoms with van der Waals surface area (Å²) in [5, 5.41) is 6.51. The van der Waals surface area contributed by atoms with E-state index >= 15 is 0 Å². The molecule has 1 aliphatic carbocycles. The van der Waals surface area contributed by atoms with Gasteiger partial charge in [0.2, 0.25) is 5.95 Å². The van der Waals surface area contributed by atoms with Gasteiger partial charge in [-0.3, -0.25) is 9.20 Å². The Morgan fingerprint density at radius 1 is 0.867 bits per heavy atom. The van der Waals surface area contributed by atoms with Crippen LogP contribution in [0.3, 0.4) is 0 Å². The van der Waals surface area contributed by atoms with Crippen LogP contribution in [0.2, 0.25) is 0 Å². The summed E-state index contributed by atoms with van der Waals surface area (Å²) in [4.78, 5) is 30.0. The van der Waals surface area contributed by atoms with E-state index in [1.807, 2.05) is 91.2 Å². The molecule has 3 aromatic heterocycles. The van der Waals surface area contributed by atoms with Crippen LogP contribution in [0.1, 0.15) is 32.6 Å². The quantitative estimate of drug-likeness (QED) is 0.205. The highest BCUT2D eigenvalue weighted by Gasteiger charge is 2.23. The summed E-state index contributed by atoms with van der Waals surface area (Å²) >= 11 is 0. The van der Waals surface area contributed by atoms with Crippen LogP contribution in [0.4, 0.5) is 17.3 Å². The number of aryl methyl sites for hydroxylation is 1. The molecule has 0 bridgehead atoms. The highest BCUT2D eigenvalue weighted by molar-refractivity contribution is 6.05. The maximum Gasteiger partial charge on any atom is 0.255 e. The fourth-order valence-electron chi connectivity index (χ4n) is 6.10. The number of likely N-dealkylation sites (N-methyl/N-ethyl adjacent to an activating group) is 1. The number of hydrogen-bond donors (Lipinski definition) is 2. The van der Waals surface area contributed by atoms with Crippen molar-refractivity contribution < 1.29 is 4.79 Å². The summed E-state index contributed by atoms with van der Waals surface area (Å²) in [6.45, 7) is 3.98. The van der Waals surface area contributed by atoms with Crippen molar-refractivity contribution in [2.75, 3.05) is 24.7 Å². The van der Waals surface area contributed by atoms with Gasteiger partial charge in [-0.2, -0.15) is 0 Å². The normalized spacial score (nSPS) is 14.1. The number of fused-ring (bicyclic) bond motifs is 2. The molecule has 0 fully saturated rings. The predicted octanol–water partition coefficient (Wildman–Crippen LogP) is 7.10. The van der Waals surface area contributed by atoms with Crippen molar-refractivity contribution in [2.24, 2.45) is 0 Å². The number of aromatic nitrogens is 4. The second-order valence-electron chi connectivity index (χ2n) is 11.9. The van der Waals surface area contributed by atoms with Gasteiger partial charge in [-0.15, -0.1) is 0 Å². The van der Waals surface area contributed by atoms with E-state index in [0.29, 0.717) is 23.2 Å². The monoisotopic (exact) mass is 593 g/mol. The molecule has 7 rings (SSSR count). The molecule has 0 aliphatic heterocycles. The largest absolute Gasteiger partial charge is 0.324 e. The van der Waals surface area contributed by atoms with Crippen molar-refractivity contribution in [1.29, 1.82) is 0 Å². The van der Waals surface area contributed by atoms with Crippen molar-refractivity contribution >= 4 is 28.9 Å². The lowest BCUT2D eigenvalue weighted by atomic mass is 10.0. The summed E-state index contributed by atoms with van der Waals surface area (Å²) in [7, 11) is 4.28. The molecular formula is C37H35N7O. The van der Waals surface area contributed by atoms with Crippen molar-refractivity contribution in [2.45, 2.75) is 32.7 Å². The summed E-state index contributed by atoms with van der Waals surface area (Å²) in [6, 6.07) is 28.5. The minimum absolute atomic E-state index is 0.140. The van der Waals surface area contributed by atoms with Crippen molar-refractivity contribution in [3.8, 4) is 22.6 Å². The van der Waals surface area contributed by atoms with Gasteiger partial charge in [-0.1, -0.05) is 36.4 Å². The summed E-state index contributed by atoms with van der Waals surface area (Å²) in [6.07, 6.45) is 5.87. The zero-order chi connectivity index (χ0) is 31.1. The van der Waals surface area contributed by atoms with Gasteiger partial charge in [0.25, 0.3) is 5.91 Å². The van der Waals surface area contributed by atoms with Crippen LogP contribution in [0, 0.1) is 13.8 Å². The van der Waals surface area contributed by atoms with Gasteiger partial charge in [0.1, 0.15) is 5.65 Å². The average Bonchev–Trinajstić information content (AvgIpc) is 3.65. The molecule has 2 N–H and O–H groups in total. The SMILES string of the molecule is Cc1cccc(C(=O)Nc2cccc(-c3nc4ccccn4c3-c3ccnc(Nc4ccc5c(c4)CC(N(C)C)C5)n3)c2)c1C. The molecule has 0 radical (unpaired) electrons. The van der Waals surface area contributed by atoms with Gasteiger partial charge in [0.15, 0.2) is 0 Å². The molecule has 8 heteroatoms. The number of amides is 1. The number of carbonyl (C=O) groups is 1. The number of rotatable bonds is 7. The second kappa shape index (κ2) is 11.6. The third kappa shape index (κ3) is 5.56. The molecule has 224 valence electrons. The van der Waals surface area contributed by atoms with Gasteiger partial charge in [0, 0.05) is 40.9 Å². The average molecular weight is 594 g/mol. The Kier molecular flexibility index (Phi) is 7.35. The number of pyridine rings is 1. The lowest BCUT2D eigenvalue weighted by molar-refractivity contribution is 0.102. The molecule has 1 amide bonds. The van der Waals surface area contributed by atoms with E-state index in [2.05, 4.69) is 52.8 Å². The van der Waals surface area contributed by atoms with E-state index in [0.717, 1.165) is 57.9 Å². The molecule has 1 atom stereocenters. The van der Waals surface area contributed by atoms with Crippen molar-refractivity contribution in [1.82, 2.24) is 24.3 Å². The van der Waals surface area contributed by atoms with E-state index in [1.165, 1.54) is 11.1 Å². The molecule has 1 unspecified atom stereocenters. The van der Waals surface area contributed by atoms with Crippen LogP contribution < -0.4 is 10.6 Å². The Bertz CT molecular complexity index is 2060. The number of anilines is 3. The minimum atomic E-state index is -0.140. The standard InChI is InChI=1S/C37H35N7O/c1-23-9-7-12-31(24(23)2)36(45)39-28-11-8-10-26(19-28)34-35(44-18-6-5-13-33(44)42-34)32-16-17-38-37(41-32)40-29-15-14-25-21-30(43(3)4)22-27(25)20-29/h5-20,30H,21-22H2,1-4H3,(H,39,45)(H,38,40,41). The number of nitrogens with zero attached hydrogens (tertiary/aromatic N) is 5. The first kappa shape index (κ1) is 28.4. The van der Waals surface area contributed by atoms with Crippen LogP contribution >= 0.6 is 0 Å². The first-order valence-corrected chi connectivity index (χ1v) is 15.2. The maximum atomic E-state index is 13.2. The van der Waals surface area contributed by atoms with Crippen LogP contribution in [0.25, 0.3) is 28.3 Å². The Morgan fingerprint density at radius 2 is 1.71 bits per heavy atom. The summed E-state index contributed by atoms with van der Waals surface area (Å²) < 4.78 is 2.04. The second-order valence-corrected chi connectivity index (χ2v) is 11.9. The highest BCUT2D eigenvalue weighted by Crippen LogP contribution is 2.34. The van der Waals surface area contributed by atoms with Crippen LogP contribution in [0.5, 0.6) is 0 Å². The fraction of sp³-hybridized carbons (Fsp3) is 0.189. The number of hydrogen-bond acceptors (Lipinski definition) is 6. The van der Waals surface area contributed by atoms with Crippen molar-refractivity contribution in [3.05, 3.63) is 125 Å². The molecule has 3 aromatic carbocycles. The molecule has 1 aliphatic rings. The molecular weight excluding hydrogens is 558 g/mol. The smallest absolute Gasteiger partial charge is 0.255 e. The van der Waals surface area contributed by atoms with Gasteiger partial charge < -0.3 is 15.5 Å². The van der Waals surface area contributed by atoms with Gasteiger partial charge in [-0.25, -0.2) is 15.0 Å². The highest BCUT2D eigenvalue weighted by atomic mass is 16.1. The topological polar surface area (TPSA) is 87.5 Å². The van der Waals surface area contributed by atoms with E-state index < -0.39 is 0 Å². The molecule has 8 nitrogen and oxygen atoms in total. The third-order valence-corrected chi connectivity index (χ3v) is 8.78. The van der Waals surface area contributed by atoms with E-state index in [9.17, 15) is 4.79 Å². The summed E-state index contributed by atoms with van der Waals surface area (Å²) in [5.41, 5.74) is 11.2. The van der Waals surface area contributed by atoms with Crippen LogP contribution in [-0.4, -0.2) is 50.3 Å². The lowest BCUT2D eigenvalue weighted by Crippen LogP contribution is -2.27. The fourth-order valence-corrected chi connectivity index (χ4v) is 6.10. The molecule has 0 spiro atoms. The van der Waals surface area contributed by atoms with Crippen LogP contribution in [0.15, 0.2) is 97.3 Å². The number of carbonyl (C=O) groups excluding carboxylic acids is 1. The minimum Gasteiger partial charge on any atom is -0.324 e. The Labute approximate surface area is 262 Å². The third-order valence-electron chi connectivity index (χ3n) is 8.78. The Morgan fingerprint density at radius 3 is 2.58 bits per heavy atom. The molecule has 0 saturated heterocycles. The number of nitrogens with one attached hydrogen (secondary N) is 2. The van der Waals surface area contributed by atoms with E-state index in [1.54, 1.807) is 6.20 Å². The van der Waals surface area contributed by atoms with E-state index in [4.69, 9.17) is 9.97 Å². The van der Waals surface area contributed by atoms with Gasteiger partial charge in [0.05, 0.1) is 17.1 Å². The molecule has 3 heterocycles. The van der Waals surface area contributed by atoms with E-state index in [-0.39, 0.29) is 5.91 Å². The summed E-state index contributed by atoms with van der Waals surface area (Å²) in [5.74, 6) is 0.375. The number of imidazole rings is 1. The first-order valence-electron chi connectivity index (χ1n) is 15.2. The molecule has 6 aromatic rings. The Balaban J connectivity index is 1.21. The molecule has 0 saturated carbocycles. The number of benzene rings is 3. The van der Waals surface area contributed by atoms with Gasteiger partial charge >= 0.3 is 0 Å². The predicted molar refractivity (Wildman–Crippen MR) is 180 cm³/mol.